The van der Waals surface area contributed by atoms with E-state index in [4.69, 9.17) is 4.74 Å². The number of aliphatic hydroxyl groups is 1. The molecular formula is C11H23NO2. The van der Waals surface area contributed by atoms with Crippen LogP contribution in [0.1, 0.15) is 33.6 Å². The second-order valence-electron chi connectivity index (χ2n) is 4.76. The first kappa shape index (κ1) is 12.0. The molecule has 0 radical (unpaired) electrons. The van der Waals surface area contributed by atoms with Crippen molar-refractivity contribution in [3.8, 4) is 0 Å². The normalized spacial score (nSPS) is 22.9. The van der Waals surface area contributed by atoms with Gasteiger partial charge in [-0.1, -0.05) is 0 Å². The van der Waals surface area contributed by atoms with Crippen molar-refractivity contribution in [3.05, 3.63) is 0 Å². The highest BCUT2D eigenvalue weighted by Crippen LogP contribution is 2.20. The lowest BCUT2D eigenvalue weighted by Crippen LogP contribution is -2.43. The SMILES string of the molecule is CC(C)OCCN1CCC(C)(O)CC1. The monoisotopic (exact) mass is 201 g/mol. The second kappa shape index (κ2) is 5.10. The average Bonchev–Trinajstić information content (AvgIpc) is 2.07. The summed E-state index contributed by atoms with van der Waals surface area (Å²) in [6, 6.07) is 0. The lowest BCUT2D eigenvalue weighted by atomic mass is 9.94. The van der Waals surface area contributed by atoms with Crippen molar-refractivity contribution in [3.63, 3.8) is 0 Å². The average molecular weight is 201 g/mol. The Kier molecular flexibility index (Phi) is 4.35. The molecule has 0 saturated carbocycles. The standard InChI is InChI=1S/C11H23NO2/c1-10(2)14-9-8-12-6-4-11(3,13)5-7-12/h10,13H,4-9H2,1-3H3. The highest BCUT2D eigenvalue weighted by molar-refractivity contribution is 4.81. The van der Waals surface area contributed by atoms with Crippen LogP contribution in [0.3, 0.4) is 0 Å². The molecule has 0 spiro atoms. The summed E-state index contributed by atoms with van der Waals surface area (Å²) >= 11 is 0. The Bertz CT molecular complexity index is 159. The Morgan fingerprint density at radius 2 is 1.93 bits per heavy atom. The summed E-state index contributed by atoms with van der Waals surface area (Å²) < 4.78 is 5.49. The molecule has 0 bridgehead atoms. The summed E-state index contributed by atoms with van der Waals surface area (Å²) in [6.07, 6.45) is 2.09. The van der Waals surface area contributed by atoms with Gasteiger partial charge in [0, 0.05) is 19.6 Å². The molecule has 84 valence electrons. The van der Waals surface area contributed by atoms with Gasteiger partial charge in [-0.25, -0.2) is 0 Å². The van der Waals surface area contributed by atoms with Crippen molar-refractivity contribution >= 4 is 0 Å². The Balaban J connectivity index is 2.10. The molecule has 0 unspecified atom stereocenters. The van der Waals surface area contributed by atoms with Crippen molar-refractivity contribution in [1.29, 1.82) is 0 Å². The van der Waals surface area contributed by atoms with E-state index in [-0.39, 0.29) is 0 Å². The quantitative estimate of drug-likeness (QED) is 0.743. The van der Waals surface area contributed by atoms with Gasteiger partial charge in [0.25, 0.3) is 0 Å². The number of piperidine rings is 1. The number of hydrogen-bond donors (Lipinski definition) is 1. The second-order valence-corrected chi connectivity index (χ2v) is 4.76. The van der Waals surface area contributed by atoms with Crippen LogP contribution in [-0.2, 0) is 4.74 Å². The fourth-order valence-electron chi connectivity index (χ4n) is 1.68. The smallest absolute Gasteiger partial charge is 0.0644 e. The van der Waals surface area contributed by atoms with Gasteiger partial charge in [-0.05, 0) is 33.6 Å². The summed E-state index contributed by atoms with van der Waals surface area (Å²) in [6.45, 7) is 9.83. The Labute approximate surface area is 87.1 Å². The minimum atomic E-state index is -0.435. The van der Waals surface area contributed by atoms with Gasteiger partial charge in [-0.2, -0.15) is 0 Å². The van der Waals surface area contributed by atoms with Gasteiger partial charge in [-0.3, -0.25) is 0 Å². The first-order chi connectivity index (χ1) is 6.49. The molecule has 3 heteroatoms. The third-order valence-electron chi connectivity index (χ3n) is 2.79. The van der Waals surface area contributed by atoms with E-state index in [1.165, 1.54) is 0 Å². The first-order valence-electron chi connectivity index (χ1n) is 5.56. The maximum Gasteiger partial charge on any atom is 0.0644 e. The van der Waals surface area contributed by atoms with Gasteiger partial charge >= 0.3 is 0 Å². The zero-order valence-corrected chi connectivity index (χ0v) is 9.62. The van der Waals surface area contributed by atoms with E-state index < -0.39 is 5.60 Å². The topological polar surface area (TPSA) is 32.7 Å². The lowest BCUT2D eigenvalue weighted by Gasteiger charge is -2.35. The van der Waals surface area contributed by atoms with Crippen molar-refractivity contribution < 1.29 is 9.84 Å². The van der Waals surface area contributed by atoms with Crippen molar-refractivity contribution in [2.75, 3.05) is 26.2 Å². The summed E-state index contributed by atoms with van der Waals surface area (Å²) in [5.41, 5.74) is -0.435. The molecule has 1 aliphatic rings. The summed E-state index contributed by atoms with van der Waals surface area (Å²) in [7, 11) is 0. The molecule has 0 aromatic heterocycles. The van der Waals surface area contributed by atoms with E-state index in [2.05, 4.69) is 18.7 Å². The first-order valence-corrected chi connectivity index (χ1v) is 5.56. The Hall–Kier alpha value is -0.120. The maximum atomic E-state index is 9.75. The fourth-order valence-corrected chi connectivity index (χ4v) is 1.68. The fraction of sp³-hybridized carbons (Fsp3) is 1.00. The highest BCUT2D eigenvalue weighted by atomic mass is 16.5. The van der Waals surface area contributed by atoms with Crippen LogP contribution in [0.4, 0.5) is 0 Å². The van der Waals surface area contributed by atoms with Gasteiger partial charge in [0.2, 0.25) is 0 Å². The molecule has 0 aliphatic carbocycles. The van der Waals surface area contributed by atoms with Gasteiger partial charge in [-0.15, -0.1) is 0 Å². The minimum absolute atomic E-state index is 0.322. The summed E-state index contributed by atoms with van der Waals surface area (Å²) in [5.74, 6) is 0. The molecule has 1 saturated heterocycles. The number of rotatable bonds is 4. The van der Waals surface area contributed by atoms with E-state index in [1.807, 2.05) is 6.92 Å². The van der Waals surface area contributed by atoms with E-state index >= 15 is 0 Å². The van der Waals surface area contributed by atoms with E-state index in [9.17, 15) is 5.11 Å². The number of likely N-dealkylation sites (tertiary alicyclic amines) is 1. The molecule has 1 rings (SSSR count). The van der Waals surface area contributed by atoms with Crippen molar-refractivity contribution in [2.45, 2.75) is 45.3 Å². The van der Waals surface area contributed by atoms with Crippen LogP contribution in [0, 0.1) is 0 Å². The summed E-state index contributed by atoms with van der Waals surface area (Å²) in [4.78, 5) is 2.36. The van der Waals surface area contributed by atoms with Gasteiger partial charge in [0.15, 0.2) is 0 Å². The highest BCUT2D eigenvalue weighted by Gasteiger charge is 2.26. The van der Waals surface area contributed by atoms with Gasteiger partial charge in [0.1, 0.15) is 0 Å². The molecule has 0 aromatic carbocycles. The van der Waals surface area contributed by atoms with Crippen molar-refractivity contribution in [2.24, 2.45) is 0 Å². The van der Waals surface area contributed by atoms with E-state index in [0.29, 0.717) is 6.10 Å². The van der Waals surface area contributed by atoms with Crippen molar-refractivity contribution in [1.82, 2.24) is 4.90 Å². The number of ether oxygens (including phenoxy) is 1. The van der Waals surface area contributed by atoms with E-state index in [0.717, 1.165) is 39.1 Å². The van der Waals surface area contributed by atoms with Crippen LogP contribution < -0.4 is 0 Å². The van der Waals surface area contributed by atoms with Gasteiger partial charge in [0.05, 0.1) is 18.3 Å². The third kappa shape index (κ3) is 4.40. The zero-order chi connectivity index (χ0) is 10.6. The molecule has 3 nitrogen and oxygen atoms in total. The maximum absolute atomic E-state index is 9.75. The molecular weight excluding hydrogens is 178 g/mol. The van der Waals surface area contributed by atoms with Gasteiger partial charge < -0.3 is 14.7 Å². The summed E-state index contributed by atoms with van der Waals surface area (Å²) in [5, 5.41) is 9.75. The molecule has 14 heavy (non-hydrogen) atoms. The van der Waals surface area contributed by atoms with Crippen LogP contribution in [-0.4, -0.2) is 48.0 Å². The van der Waals surface area contributed by atoms with E-state index in [1.54, 1.807) is 0 Å². The largest absolute Gasteiger partial charge is 0.390 e. The molecule has 0 amide bonds. The number of nitrogens with zero attached hydrogens (tertiary/aromatic N) is 1. The molecule has 0 aromatic rings. The van der Waals surface area contributed by atoms with Crippen LogP contribution in [0.25, 0.3) is 0 Å². The van der Waals surface area contributed by atoms with Crippen LogP contribution in [0.5, 0.6) is 0 Å². The minimum Gasteiger partial charge on any atom is -0.390 e. The molecule has 0 atom stereocenters. The predicted octanol–water partition coefficient (Wildman–Crippen LogP) is 1.26. The molecule has 1 N–H and O–H groups in total. The van der Waals surface area contributed by atoms with Crippen LogP contribution in [0.2, 0.25) is 0 Å². The predicted molar refractivity (Wildman–Crippen MR) is 57.4 cm³/mol. The Morgan fingerprint density at radius 3 is 2.43 bits per heavy atom. The lowest BCUT2D eigenvalue weighted by molar-refractivity contribution is -0.0164. The third-order valence-corrected chi connectivity index (χ3v) is 2.79. The van der Waals surface area contributed by atoms with Crippen LogP contribution >= 0.6 is 0 Å². The molecule has 1 heterocycles. The Morgan fingerprint density at radius 1 is 1.36 bits per heavy atom. The molecule has 1 fully saturated rings. The zero-order valence-electron chi connectivity index (χ0n) is 9.62. The van der Waals surface area contributed by atoms with Crippen LogP contribution in [0.15, 0.2) is 0 Å². The molecule has 1 aliphatic heterocycles. The number of hydrogen-bond acceptors (Lipinski definition) is 3.